The molecule has 0 saturated heterocycles. The molecule has 192 valence electrons. The monoisotopic (exact) mass is 480 g/mol. The predicted molar refractivity (Wildman–Crippen MR) is 147 cm³/mol. The van der Waals surface area contributed by atoms with E-state index in [4.69, 9.17) is 19.3 Å². The number of hydrogen-bond donors (Lipinski definition) is 1. The van der Waals surface area contributed by atoms with E-state index in [1.807, 2.05) is 54.6 Å². The maximum atomic E-state index is 8.72. The fourth-order valence-corrected chi connectivity index (χ4v) is 3.22. The summed E-state index contributed by atoms with van der Waals surface area (Å²) in [4.78, 5) is 0. The van der Waals surface area contributed by atoms with E-state index in [-0.39, 0.29) is 6.61 Å². The van der Waals surface area contributed by atoms with Crippen LogP contribution in [0.25, 0.3) is 0 Å². The van der Waals surface area contributed by atoms with Crippen LogP contribution in [0, 0.1) is 0 Å². The summed E-state index contributed by atoms with van der Waals surface area (Å²) in [7, 11) is 3.32. The van der Waals surface area contributed by atoms with Crippen LogP contribution in [0.1, 0.15) is 64.5 Å². The number of aliphatic hydroxyl groups excluding tert-OH is 1. The average Bonchev–Trinajstić information content (AvgIpc) is 2.85. The van der Waals surface area contributed by atoms with Crippen LogP contribution in [0.2, 0.25) is 0 Å². The Morgan fingerprint density at radius 2 is 1.09 bits per heavy atom. The molecular weight excluding hydrogens is 436 g/mol. The van der Waals surface area contributed by atoms with E-state index in [1.165, 1.54) is 16.7 Å². The summed E-state index contributed by atoms with van der Waals surface area (Å²) in [6.07, 6.45) is 10.9. The third-order valence-corrected chi connectivity index (χ3v) is 5.42. The third kappa shape index (κ3) is 14.9. The van der Waals surface area contributed by atoms with Gasteiger partial charge in [0.05, 0.1) is 34.0 Å². The molecular formula is C31H44O4. The van der Waals surface area contributed by atoms with E-state index in [9.17, 15) is 0 Å². The van der Waals surface area contributed by atoms with Gasteiger partial charge in [-0.1, -0.05) is 59.2 Å². The van der Waals surface area contributed by atoms with Crippen molar-refractivity contribution in [1.29, 1.82) is 0 Å². The van der Waals surface area contributed by atoms with Gasteiger partial charge in [-0.25, -0.2) is 0 Å². The highest BCUT2D eigenvalue weighted by molar-refractivity contribution is 5.28. The van der Waals surface area contributed by atoms with Gasteiger partial charge in [0.2, 0.25) is 0 Å². The van der Waals surface area contributed by atoms with Crippen molar-refractivity contribution in [3.8, 4) is 11.5 Å². The van der Waals surface area contributed by atoms with E-state index in [0.717, 1.165) is 48.3 Å². The number of ether oxygens (including phenoxy) is 3. The molecule has 2 rings (SSSR count). The van der Waals surface area contributed by atoms with Crippen LogP contribution in [0.15, 0.2) is 83.5 Å². The highest BCUT2D eigenvalue weighted by Crippen LogP contribution is 2.15. The van der Waals surface area contributed by atoms with Gasteiger partial charge in [-0.15, -0.1) is 0 Å². The van der Waals surface area contributed by atoms with Gasteiger partial charge < -0.3 is 19.3 Å². The fourth-order valence-electron chi connectivity index (χ4n) is 3.22. The Morgan fingerprint density at radius 3 is 1.49 bits per heavy atom. The average molecular weight is 481 g/mol. The van der Waals surface area contributed by atoms with Gasteiger partial charge in [-0.05, 0) is 88.8 Å². The van der Waals surface area contributed by atoms with Crippen LogP contribution in [-0.4, -0.2) is 25.9 Å². The van der Waals surface area contributed by atoms with Crippen molar-refractivity contribution in [3.05, 3.63) is 94.6 Å². The standard InChI is InChI=1S/C16H18O3.C15H26O/c1-17-15-7-3-13(4-8-15)11-19-12-14-5-9-16(18-2)10-6-14;1-13(2)7-5-8-14(3)9-6-10-15(4)11-12-16/h3-10H,11-12H2,1-2H3;7,9,11,16H,5-6,8,10,12H2,1-4H3. The molecule has 0 aliphatic carbocycles. The lowest BCUT2D eigenvalue weighted by Crippen LogP contribution is -1.94. The first kappa shape index (κ1) is 30.2. The van der Waals surface area contributed by atoms with Crippen molar-refractivity contribution in [2.24, 2.45) is 0 Å². The first-order valence-electron chi connectivity index (χ1n) is 12.3. The maximum Gasteiger partial charge on any atom is 0.118 e. The van der Waals surface area contributed by atoms with Crippen molar-refractivity contribution in [3.63, 3.8) is 0 Å². The van der Waals surface area contributed by atoms with Crippen LogP contribution in [0.5, 0.6) is 11.5 Å². The molecule has 4 nitrogen and oxygen atoms in total. The molecule has 0 aliphatic heterocycles. The molecule has 4 heteroatoms. The summed E-state index contributed by atoms with van der Waals surface area (Å²) in [5.41, 5.74) is 6.41. The fraction of sp³-hybridized carbons (Fsp3) is 0.419. The molecule has 0 saturated carbocycles. The second-order valence-electron chi connectivity index (χ2n) is 8.83. The van der Waals surface area contributed by atoms with Crippen molar-refractivity contribution < 1.29 is 19.3 Å². The summed E-state index contributed by atoms with van der Waals surface area (Å²) >= 11 is 0. The highest BCUT2D eigenvalue weighted by Gasteiger charge is 1.97. The molecule has 0 radical (unpaired) electrons. The molecule has 0 heterocycles. The third-order valence-electron chi connectivity index (χ3n) is 5.42. The molecule has 0 spiro atoms. The lowest BCUT2D eigenvalue weighted by Gasteiger charge is -2.06. The van der Waals surface area contributed by atoms with Gasteiger partial charge in [0, 0.05) is 0 Å². The summed E-state index contributed by atoms with van der Waals surface area (Å²) in [6.45, 7) is 9.90. The minimum Gasteiger partial charge on any atom is -0.497 e. The minimum atomic E-state index is 0.162. The van der Waals surface area contributed by atoms with Crippen LogP contribution in [-0.2, 0) is 18.0 Å². The SMILES string of the molecule is CC(C)=CCCC(C)=CCCC(C)=CCO.COc1ccc(COCc2ccc(OC)cc2)cc1. The van der Waals surface area contributed by atoms with Gasteiger partial charge in [0.25, 0.3) is 0 Å². The van der Waals surface area contributed by atoms with Gasteiger partial charge >= 0.3 is 0 Å². The van der Waals surface area contributed by atoms with E-state index in [2.05, 4.69) is 39.8 Å². The zero-order chi connectivity index (χ0) is 25.9. The maximum absolute atomic E-state index is 8.72. The summed E-state index contributed by atoms with van der Waals surface area (Å²) in [6, 6.07) is 15.8. The Hall–Kier alpha value is -2.82. The Morgan fingerprint density at radius 1 is 0.657 bits per heavy atom. The molecule has 1 N–H and O–H groups in total. The Balaban J connectivity index is 0.000000357. The molecule has 2 aromatic carbocycles. The van der Waals surface area contributed by atoms with Crippen molar-refractivity contribution in [2.75, 3.05) is 20.8 Å². The second kappa shape index (κ2) is 18.5. The smallest absolute Gasteiger partial charge is 0.118 e. The number of allylic oxidation sites excluding steroid dienone is 5. The molecule has 0 bridgehead atoms. The Bertz CT molecular complexity index is 855. The van der Waals surface area contributed by atoms with Crippen LogP contribution < -0.4 is 9.47 Å². The molecule has 0 atom stereocenters. The number of methoxy groups -OCH3 is 2. The molecule has 0 amide bonds. The van der Waals surface area contributed by atoms with Crippen molar-refractivity contribution in [1.82, 2.24) is 0 Å². The van der Waals surface area contributed by atoms with Crippen molar-refractivity contribution in [2.45, 2.75) is 66.6 Å². The lowest BCUT2D eigenvalue weighted by molar-refractivity contribution is 0.107. The van der Waals surface area contributed by atoms with Gasteiger partial charge in [0.15, 0.2) is 0 Å². The number of benzene rings is 2. The molecule has 0 fully saturated rings. The summed E-state index contributed by atoms with van der Waals surface area (Å²) < 4.78 is 15.9. The van der Waals surface area contributed by atoms with E-state index >= 15 is 0 Å². The number of aliphatic hydroxyl groups is 1. The van der Waals surface area contributed by atoms with Gasteiger partial charge in [-0.2, -0.15) is 0 Å². The highest BCUT2D eigenvalue weighted by atomic mass is 16.5. The number of rotatable bonds is 13. The summed E-state index contributed by atoms with van der Waals surface area (Å²) in [5, 5.41) is 8.72. The topological polar surface area (TPSA) is 47.9 Å². The van der Waals surface area contributed by atoms with Crippen molar-refractivity contribution >= 4 is 0 Å². The first-order chi connectivity index (χ1) is 16.9. The molecule has 35 heavy (non-hydrogen) atoms. The second-order valence-corrected chi connectivity index (χ2v) is 8.83. The first-order valence-corrected chi connectivity index (χ1v) is 12.3. The summed E-state index contributed by atoms with van der Waals surface area (Å²) in [5.74, 6) is 1.72. The van der Waals surface area contributed by atoms with Crippen LogP contribution in [0.4, 0.5) is 0 Å². The Kier molecular flexibility index (Phi) is 16.0. The van der Waals surface area contributed by atoms with E-state index in [0.29, 0.717) is 13.2 Å². The Labute approximate surface area is 212 Å². The predicted octanol–water partition coefficient (Wildman–Crippen LogP) is 7.82. The quantitative estimate of drug-likeness (QED) is 0.297. The van der Waals surface area contributed by atoms with Gasteiger partial charge in [0.1, 0.15) is 11.5 Å². The van der Waals surface area contributed by atoms with Crippen LogP contribution in [0.3, 0.4) is 0 Å². The van der Waals surface area contributed by atoms with E-state index in [1.54, 1.807) is 14.2 Å². The largest absolute Gasteiger partial charge is 0.497 e. The molecule has 2 aromatic rings. The molecule has 0 aliphatic rings. The zero-order valence-electron chi connectivity index (χ0n) is 22.5. The normalized spacial score (nSPS) is 11.4. The zero-order valence-corrected chi connectivity index (χ0v) is 22.5. The van der Waals surface area contributed by atoms with Crippen LogP contribution >= 0.6 is 0 Å². The van der Waals surface area contributed by atoms with E-state index < -0.39 is 0 Å². The molecule has 0 unspecified atom stereocenters. The van der Waals surface area contributed by atoms with Gasteiger partial charge in [-0.3, -0.25) is 0 Å². The molecule has 0 aromatic heterocycles. The number of hydrogen-bond acceptors (Lipinski definition) is 4. The lowest BCUT2D eigenvalue weighted by atomic mass is 10.1. The minimum absolute atomic E-state index is 0.162.